The molecule has 1 aromatic carbocycles. The summed E-state index contributed by atoms with van der Waals surface area (Å²) in [5.41, 5.74) is 0.537. The average Bonchev–Trinajstić information content (AvgIpc) is 2.42. The van der Waals surface area contributed by atoms with Gasteiger partial charge in [0.2, 0.25) is 0 Å². The molecule has 2 rings (SSSR count). The maximum absolute atomic E-state index is 12.1. The second kappa shape index (κ2) is 6.62. The van der Waals surface area contributed by atoms with Crippen molar-refractivity contribution in [3.63, 3.8) is 0 Å². The first-order valence-corrected chi connectivity index (χ1v) is 7.67. The van der Waals surface area contributed by atoms with Crippen molar-refractivity contribution in [1.29, 1.82) is 0 Å². The maximum atomic E-state index is 12.1. The van der Waals surface area contributed by atoms with Crippen LogP contribution in [0.5, 0.6) is 0 Å². The van der Waals surface area contributed by atoms with Crippen LogP contribution in [0.1, 0.15) is 12.8 Å². The number of likely N-dealkylation sites (tertiary alicyclic amines) is 1. The van der Waals surface area contributed by atoms with E-state index in [1.807, 2.05) is 6.07 Å². The van der Waals surface area contributed by atoms with Crippen LogP contribution in [-0.4, -0.2) is 35.1 Å². The number of rotatable bonds is 2. The van der Waals surface area contributed by atoms with Crippen LogP contribution < -0.4 is 5.32 Å². The second-order valence-electron chi connectivity index (χ2n) is 4.68. The van der Waals surface area contributed by atoms with E-state index in [0.717, 1.165) is 3.57 Å². The lowest BCUT2D eigenvalue weighted by Gasteiger charge is -2.30. The number of hydrogen-bond acceptors (Lipinski definition) is 2. The van der Waals surface area contributed by atoms with Gasteiger partial charge in [-0.15, -0.1) is 0 Å². The van der Waals surface area contributed by atoms with E-state index in [-0.39, 0.29) is 12.6 Å². The number of amides is 2. The number of nitrogens with one attached hydrogen (secondary N) is 1. The zero-order valence-electron chi connectivity index (χ0n) is 10.6. The van der Waals surface area contributed by atoms with Crippen molar-refractivity contribution in [3.8, 4) is 0 Å². The van der Waals surface area contributed by atoms with Gasteiger partial charge in [0.25, 0.3) is 0 Å². The molecule has 1 atom stereocenters. The first-order valence-electron chi connectivity index (χ1n) is 6.21. The summed E-state index contributed by atoms with van der Waals surface area (Å²) < 4.78 is 0.981. The topological polar surface area (TPSA) is 69.6 Å². The Labute approximate surface area is 135 Å². The lowest BCUT2D eigenvalue weighted by atomic mass is 9.99. The highest BCUT2D eigenvalue weighted by Crippen LogP contribution is 2.25. The SMILES string of the molecule is O=C(O)C1CCCN(C(=O)Nc2ccc(I)cc2Cl)C1. The third-order valence-electron chi connectivity index (χ3n) is 3.23. The first-order chi connectivity index (χ1) is 9.47. The molecular formula is C13H14ClIN2O3. The van der Waals surface area contributed by atoms with E-state index in [9.17, 15) is 9.59 Å². The van der Waals surface area contributed by atoms with Crippen molar-refractivity contribution in [2.45, 2.75) is 12.8 Å². The molecule has 0 bridgehead atoms. The Balaban J connectivity index is 2.02. The molecule has 1 aliphatic rings. The molecule has 0 spiro atoms. The molecule has 1 heterocycles. The Bertz CT molecular complexity index is 538. The fourth-order valence-corrected chi connectivity index (χ4v) is 3.05. The molecular weight excluding hydrogens is 395 g/mol. The summed E-state index contributed by atoms with van der Waals surface area (Å²) in [6, 6.07) is 5.03. The summed E-state index contributed by atoms with van der Waals surface area (Å²) in [4.78, 5) is 24.7. The van der Waals surface area contributed by atoms with Crippen LogP contribution in [-0.2, 0) is 4.79 Å². The number of carboxylic acids is 1. The molecule has 0 radical (unpaired) electrons. The minimum absolute atomic E-state index is 0.239. The molecule has 0 aliphatic carbocycles. The Kier molecular flexibility index (Phi) is 5.09. The van der Waals surface area contributed by atoms with Gasteiger partial charge < -0.3 is 15.3 Å². The highest BCUT2D eigenvalue weighted by Gasteiger charge is 2.28. The summed E-state index contributed by atoms with van der Waals surface area (Å²) in [6.45, 7) is 0.806. The molecule has 1 fully saturated rings. The normalized spacial score (nSPS) is 18.7. The van der Waals surface area contributed by atoms with Crippen molar-refractivity contribution >= 4 is 51.9 Å². The number of piperidine rings is 1. The number of carbonyl (C=O) groups is 2. The van der Waals surface area contributed by atoms with Crippen LogP contribution in [0.4, 0.5) is 10.5 Å². The first kappa shape index (κ1) is 15.4. The highest BCUT2D eigenvalue weighted by molar-refractivity contribution is 14.1. The fraction of sp³-hybridized carbons (Fsp3) is 0.385. The van der Waals surface area contributed by atoms with Crippen molar-refractivity contribution in [2.24, 2.45) is 5.92 Å². The summed E-state index contributed by atoms with van der Waals surface area (Å²) in [7, 11) is 0. The third kappa shape index (κ3) is 3.76. The predicted octanol–water partition coefficient (Wildman–Crippen LogP) is 3.27. The van der Waals surface area contributed by atoms with Crippen LogP contribution in [0, 0.1) is 9.49 Å². The second-order valence-corrected chi connectivity index (χ2v) is 6.33. The summed E-state index contributed by atoms with van der Waals surface area (Å²) in [6.07, 6.45) is 1.31. The van der Waals surface area contributed by atoms with E-state index in [4.69, 9.17) is 16.7 Å². The molecule has 1 saturated heterocycles. The molecule has 2 amide bonds. The number of halogens is 2. The smallest absolute Gasteiger partial charge is 0.321 e. The van der Waals surface area contributed by atoms with E-state index in [1.54, 1.807) is 12.1 Å². The molecule has 2 N–H and O–H groups in total. The molecule has 20 heavy (non-hydrogen) atoms. The van der Waals surface area contributed by atoms with E-state index in [0.29, 0.717) is 30.1 Å². The largest absolute Gasteiger partial charge is 0.481 e. The standard InChI is InChI=1S/C13H14ClIN2O3/c14-10-6-9(15)3-4-11(10)16-13(20)17-5-1-2-8(7-17)12(18)19/h3-4,6,8H,1-2,5,7H2,(H,16,20)(H,18,19). The Hall–Kier alpha value is -1.02. The fourth-order valence-electron chi connectivity index (χ4n) is 2.15. The number of nitrogens with zero attached hydrogens (tertiary/aromatic N) is 1. The molecule has 0 aromatic heterocycles. The number of urea groups is 1. The van der Waals surface area contributed by atoms with Crippen LogP contribution in [0.2, 0.25) is 5.02 Å². The van der Waals surface area contributed by atoms with Crippen molar-refractivity contribution in [2.75, 3.05) is 18.4 Å². The van der Waals surface area contributed by atoms with Gasteiger partial charge in [0.1, 0.15) is 0 Å². The van der Waals surface area contributed by atoms with E-state index >= 15 is 0 Å². The Morgan fingerprint density at radius 3 is 2.85 bits per heavy atom. The minimum atomic E-state index is -0.852. The quantitative estimate of drug-likeness (QED) is 0.738. The van der Waals surface area contributed by atoms with E-state index in [2.05, 4.69) is 27.9 Å². The van der Waals surface area contributed by atoms with E-state index < -0.39 is 11.9 Å². The van der Waals surface area contributed by atoms with Crippen LogP contribution in [0.15, 0.2) is 18.2 Å². The molecule has 1 aromatic rings. The molecule has 1 aliphatic heterocycles. The lowest BCUT2D eigenvalue weighted by Crippen LogP contribution is -2.44. The summed E-state index contributed by atoms with van der Waals surface area (Å²) in [5.74, 6) is -1.34. The van der Waals surface area contributed by atoms with Gasteiger partial charge in [-0.25, -0.2) is 4.79 Å². The monoisotopic (exact) mass is 408 g/mol. The number of carbonyl (C=O) groups excluding carboxylic acids is 1. The maximum Gasteiger partial charge on any atom is 0.321 e. The van der Waals surface area contributed by atoms with Crippen LogP contribution in [0.3, 0.4) is 0 Å². The summed E-state index contributed by atoms with van der Waals surface area (Å²) >= 11 is 8.20. The Morgan fingerprint density at radius 2 is 2.20 bits per heavy atom. The molecule has 7 heteroatoms. The lowest BCUT2D eigenvalue weighted by molar-refractivity contribution is -0.143. The van der Waals surface area contributed by atoms with Gasteiger partial charge in [0.15, 0.2) is 0 Å². The minimum Gasteiger partial charge on any atom is -0.481 e. The van der Waals surface area contributed by atoms with Gasteiger partial charge >= 0.3 is 12.0 Å². The number of benzene rings is 1. The number of anilines is 1. The van der Waals surface area contributed by atoms with Crippen molar-refractivity contribution in [1.82, 2.24) is 4.90 Å². The highest BCUT2D eigenvalue weighted by atomic mass is 127. The van der Waals surface area contributed by atoms with Gasteiger partial charge in [0.05, 0.1) is 16.6 Å². The van der Waals surface area contributed by atoms with Gasteiger partial charge in [0, 0.05) is 16.7 Å². The zero-order chi connectivity index (χ0) is 14.7. The zero-order valence-corrected chi connectivity index (χ0v) is 13.5. The van der Waals surface area contributed by atoms with Crippen molar-refractivity contribution < 1.29 is 14.7 Å². The predicted molar refractivity (Wildman–Crippen MR) is 85.1 cm³/mol. The van der Waals surface area contributed by atoms with Crippen molar-refractivity contribution in [3.05, 3.63) is 26.8 Å². The van der Waals surface area contributed by atoms with Gasteiger partial charge in [-0.2, -0.15) is 0 Å². The average molecular weight is 409 g/mol. The number of hydrogen-bond donors (Lipinski definition) is 2. The molecule has 5 nitrogen and oxygen atoms in total. The molecule has 108 valence electrons. The number of aliphatic carboxylic acids is 1. The van der Waals surface area contributed by atoms with Crippen LogP contribution >= 0.6 is 34.2 Å². The van der Waals surface area contributed by atoms with Crippen LogP contribution in [0.25, 0.3) is 0 Å². The number of carboxylic acid groups (broad SMARTS) is 1. The Morgan fingerprint density at radius 1 is 1.45 bits per heavy atom. The van der Waals surface area contributed by atoms with Gasteiger partial charge in [-0.3, -0.25) is 4.79 Å². The van der Waals surface area contributed by atoms with Gasteiger partial charge in [-0.05, 0) is 53.6 Å². The van der Waals surface area contributed by atoms with Gasteiger partial charge in [-0.1, -0.05) is 11.6 Å². The molecule has 0 saturated carbocycles. The third-order valence-corrected chi connectivity index (χ3v) is 4.21. The van der Waals surface area contributed by atoms with E-state index in [1.165, 1.54) is 4.90 Å². The summed E-state index contributed by atoms with van der Waals surface area (Å²) in [5, 5.41) is 12.2. The molecule has 1 unspecified atom stereocenters.